The van der Waals surface area contributed by atoms with Crippen molar-refractivity contribution in [3.05, 3.63) is 12.2 Å². The highest BCUT2D eigenvalue weighted by Crippen LogP contribution is 2.30. The van der Waals surface area contributed by atoms with Crippen molar-refractivity contribution in [2.45, 2.75) is 64.8 Å². The summed E-state index contributed by atoms with van der Waals surface area (Å²) in [4.78, 5) is 24.1. The third-order valence-electron chi connectivity index (χ3n) is 3.95. The van der Waals surface area contributed by atoms with Crippen LogP contribution in [0, 0.1) is 5.92 Å². The van der Waals surface area contributed by atoms with Crippen LogP contribution in [-0.4, -0.2) is 39.2 Å². The van der Waals surface area contributed by atoms with Crippen LogP contribution in [0.2, 0.25) is 0 Å². The molecule has 1 unspecified atom stereocenters. The van der Waals surface area contributed by atoms with Gasteiger partial charge in [-0.15, -0.1) is 0 Å². The zero-order valence-corrected chi connectivity index (χ0v) is 15.7. The largest absolute Gasteiger partial charge is 0.389 e. The van der Waals surface area contributed by atoms with E-state index in [1.54, 1.807) is 0 Å². The zero-order valence-electron chi connectivity index (χ0n) is 15.7. The van der Waals surface area contributed by atoms with Crippen LogP contribution in [-0.2, 0) is 28.5 Å². The summed E-state index contributed by atoms with van der Waals surface area (Å²) in [6, 6.07) is 0. The van der Waals surface area contributed by atoms with E-state index in [1.807, 2.05) is 0 Å². The Morgan fingerprint density at radius 1 is 0.958 bits per heavy atom. The molecule has 0 fully saturated rings. The average Bonchev–Trinajstić information content (AvgIpc) is 2.57. The molecule has 6 heteroatoms. The molecule has 24 heavy (non-hydrogen) atoms. The van der Waals surface area contributed by atoms with Crippen LogP contribution in [0.4, 0.5) is 0 Å². The second kappa shape index (κ2) is 12.2. The van der Waals surface area contributed by atoms with Gasteiger partial charge in [0.15, 0.2) is 0 Å². The molecule has 0 aliphatic rings. The quantitative estimate of drug-likeness (QED) is 0.167. The van der Waals surface area contributed by atoms with Crippen LogP contribution in [0.15, 0.2) is 12.2 Å². The zero-order chi connectivity index (χ0) is 18.6. The fourth-order valence-electron chi connectivity index (χ4n) is 2.49. The summed E-state index contributed by atoms with van der Waals surface area (Å²) in [6.45, 7) is 7.12. The SMILES string of the molecule is C=C(C)C(=O)OC(=O)C(CCCCCCCC)C(OC)(OC)OC. The normalized spacial score (nSPS) is 12.7. The van der Waals surface area contributed by atoms with Crippen LogP contribution in [0.1, 0.15) is 58.8 Å². The molecule has 0 aromatic rings. The maximum Gasteiger partial charge on any atom is 0.340 e. The van der Waals surface area contributed by atoms with Crippen LogP contribution in [0.5, 0.6) is 0 Å². The molecule has 1 atom stereocenters. The van der Waals surface area contributed by atoms with E-state index in [2.05, 4.69) is 13.5 Å². The lowest BCUT2D eigenvalue weighted by Crippen LogP contribution is -2.48. The smallest absolute Gasteiger partial charge is 0.340 e. The molecule has 0 rings (SSSR count). The molecule has 0 saturated heterocycles. The Hall–Kier alpha value is -1.24. The minimum absolute atomic E-state index is 0.152. The summed E-state index contributed by atoms with van der Waals surface area (Å²) in [5.74, 6) is -3.94. The fourth-order valence-corrected chi connectivity index (χ4v) is 2.49. The number of rotatable bonds is 13. The van der Waals surface area contributed by atoms with Gasteiger partial charge >= 0.3 is 11.9 Å². The van der Waals surface area contributed by atoms with Gasteiger partial charge in [0, 0.05) is 26.9 Å². The van der Waals surface area contributed by atoms with Gasteiger partial charge in [-0.1, -0.05) is 52.0 Å². The highest BCUT2D eigenvalue weighted by molar-refractivity contribution is 5.96. The molecule has 0 spiro atoms. The molecular formula is C18H32O6. The molecular weight excluding hydrogens is 312 g/mol. The Morgan fingerprint density at radius 2 is 1.46 bits per heavy atom. The first-order valence-corrected chi connectivity index (χ1v) is 8.45. The number of methoxy groups -OCH3 is 3. The van der Waals surface area contributed by atoms with Crippen molar-refractivity contribution >= 4 is 11.9 Å². The minimum atomic E-state index is -1.57. The van der Waals surface area contributed by atoms with E-state index in [1.165, 1.54) is 47.5 Å². The second-order valence-corrected chi connectivity index (χ2v) is 5.81. The summed E-state index contributed by atoms with van der Waals surface area (Å²) in [6.07, 6.45) is 6.84. The predicted octanol–water partition coefficient (Wildman–Crippen LogP) is 3.59. The fraction of sp³-hybridized carbons (Fsp3) is 0.778. The van der Waals surface area contributed by atoms with Gasteiger partial charge in [0.2, 0.25) is 0 Å². The molecule has 0 N–H and O–H groups in total. The Balaban J connectivity index is 4.92. The van der Waals surface area contributed by atoms with Crippen molar-refractivity contribution in [2.24, 2.45) is 5.92 Å². The lowest BCUT2D eigenvalue weighted by atomic mass is 9.97. The van der Waals surface area contributed by atoms with Crippen molar-refractivity contribution in [3.63, 3.8) is 0 Å². The summed E-state index contributed by atoms with van der Waals surface area (Å²) >= 11 is 0. The Kier molecular flexibility index (Phi) is 11.5. The van der Waals surface area contributed by atoms with Crippen molar-refractivity contribution in [2.75, 3.05) is 21.3 Å². The van der Waals surface area contributed by atoms with Crippen LogP contribution >= 0.6 is 0 Å². The van der Waals surface area contributed by atoms with Crippen molar-refractivity contribution < 1.29 is 28.5 Å². The van der Waals surface area contributed by atoms with Crippen molar-refractivity contribution in [3.8, 4) is 0 Å². The minimum Gasteiger partial charge on any atom is -0.389 e. The van der Waals surface area contributed by atoms with E-state index in [-0.39, 0.29) is 5.57 Å². The van der Waals surface area contributed by atoms with E-state index in [0.29, 0.717) is 6.42 Å². The number of carbonyl (C=O) groups excluding carboxylic acids is 2. The lowest BCUT2D eigenvalue weighted by molar-refractivity contribution is -0.374. The number of ether oxygens (including phenoxy) is 4. The molecule has 0 bridgehead atoms. The topological polar surface area (TPSA) is 71.1 Å². The van der Waals surface area contributed by atoms with Gasteiger partial charge in [-0.2, -0.15) is 0 Å². The highest BCUT2D eigenvalue weighted by Gasteiger charge is 2.46. The summed E-state index contributed by atoms with van der Waals surface area (Å²) in [5.41, 5.74) is 0.152. The maximum absolute atomic E-state index is 12.4. The number of esters is 2. The molecule has 6 nitrogen and oxygen atoms in total. The molecule has 0 aromatic heterocycles. The molecule has 0 saturated carbocycles. The Morgan fingerprint density at radius 3 is 1.92 bits per heavy atom. The van der Waals surface area contributed by atoms with Gasteiger partial charge < -0.3 is 18.9 Å². The third kappa shape index (κ3) is 7.11. The van der Waals surface area contributed by atoms with Crippen LogP contribution in [0.3, 0.4) is 0 Å². The monoisotopic (exact) mass is 344 g/mol. The second-order valence-electron chi connectivity index (χ2n) is 5.81. The first-order valence-electron chi connectivity index (χ1n) is 8.45. The first-order chi connectivity index (χ1) is 11.4. The standard InChI is InChI=1S/C18H32O6/c1-7-8-9-10-11-12-13-15(18(21-4,22-5)23-6)17(20)24-16(19)14(2)3/h15H,2,7-13H2,1,3-6H3. The number of unbranched alkanes of at least 4 members (excludes halogenated alkanes) is 5. The molecule has 0 radical (unpaired) electrons. The van der Waals surface area contributed by atoms with E-state index >= 15 is 0 Å². The van der Waals surface area contributed by atoms with Gasteiger partial charge in [-0.05, 0) is 13.3 Å². The molecule has 0 aliphatic carbocycles. The highest BCUT2D eigenvalue weighted by atomic mass is 16.9. The number of hydrogen-bond acceptors (Lipinski definition) is 6. The molecule has 0 aromatic carbocycles. The molecule has 0 heterocycles. The summed E-state index contributed by atoms with van der Waals surface area (Å²) in [5, 5.41) is 0. The first kappa shape index (κ1) is 22.8. The number of carbonyl (C=O) groups is 2. The van der Waals surface area contributed by atoms with E-state index in [4.69, 9.17) is 18.9 Å². The summed E-state index contributed by atoms with van der Waals surface area (Å²) in [7, 11) is 4.15. The van der Waals surface area contributed by atoms with Crippen molar-refractivity contribution in [1.29, 1.82) is 0 Å². The Bertz CT molecular complexity index is 392. The third-order valence-corrected chi connectivity index (χ3v) is 3.95. The van der Waals surface area contributed by atoms with Gasteiger partial charge in [0.05, 0.1) is 0 Å². The van der Waals surface area contributed by atoms with E-state index in [9.17, 15) is 9.59 Å². The predicted molar refractivity (Wildman–Crippen MR) is 91.2 cm³/mol. The van der Waals surface area contributed by atoms with Crippen molar-refractivity contribution in [1.82, 2.24) is 0 Å². The molecule has 140 valence electrons. The van der Waals surface area contributed by atoms with Gasteiger partial charge in [-0.25, -0.2) is 4.79 Å². The average molecular weight is 344 g/mol. The van der Waals surface area contributed by atoms with Gasteiger partial charge in [0.25, 0.3) is 5.97 Å². The van der Waals surface area contributed by atoms with Gasteiger partial charge in [0.1, 0.15) is 5.92 Å². The van der Waals surface area contributed by atoms with E-state index in [0.717, 1.165) is 19.3 Å². The maximum atomic E-state index is 12.4. The van der Waals surface area contributed by atoms with Crippen LogP contribution in [0.25, 0.3) is 0 Å². The van der Waals surface area contributed by atoms with E-state index < -0.39 is 23.8 Å². The summed E-state index contributed by atoms with van der Waals surface area (Å²) < 4.78 is 20.7. The van der Waals surface area contributed by atoms with Gasteiger partial charge in [-0.3, -0.25) is 4.79 Å². The Labute approximate surface area is 145 Å². The lowest BCUT2D eigenvalue weighted by Gasteiger charge is -2.34. The van der Waals surface area contributed by atoms with Crippen LogP contribution < -0.4 is 0 Å². The number of hydrogen-bond donors (Lipinski definition) is 0. The molecule has 0 amide bonds. The molecule has 0 aliphatic heterocycles.